The van der Waals surface area contributed by atoms with Crippen LogP contribution in [0.15, 0.2) is 59.7 Å². The summed E-state index contributed by atoms with van der Waals surface area (Å²) >= 11 is 0. The first-order chi connectivity index (χ1) is 15.8. The van der Waals surface area contributed by atoms with Crippen molar-refractivity contribution in [3.05, 3.63) is 81.9 Å². The van der Waals surface area contributed by atoms with Gasteiger partial charge in [-0.25, -0.2) is 0 Å². The van der Waals surface area contributed by atoms with Crippen molar-refractivity contribution in [3.8, 4) is 17.6 Å². The van der Waals surface area contributed by atoms with Gasteiger partial charge in [-0.3, -0.25) is 4.79 Å². The van der Waals surface area contributed by atoms with E-state index in [0.29, 0.717) is 65.9 Å². The van der Waals surface area contributed by atoms with Crippen LogP contribution >= 0.6 is 0 Å². The summed E-state index contributed by atoms with van der Waals surface area (Å²) in [7, 11) is 1.67. The van der Waals surface area contributed by atoms with Gasteiger partial charge < -0.3 is 29.8 Å². The Balaban J connectivity index is 1.85. The highest BCUT2D eigenvalue weighted by Gasteiger charge is 2.16. The number of aromatic nitrogens is 1. The van der Waals surface area contributed by atoms with Gasteiger partial charge in [0.15, 0.2) is 11.5 Å². The van der Waals surface area contributed by atoms with Gasteiger partial charge in [0.25, 0.3) is 5.56 Å². The molecule has 0 radical (unpaired) electrons. The summed E-state index contributed by atoms with van der Waals surface area (Å²) in [5.74, 6) is 1.27. The average molecular weight is 449 g/mol. The van der Waals surface area contributed by atoms with Crippen molar-refractivity contribution in [2.75, 3.05) is 26.4 Å². The molecule has 0 fully saturated rings. The van der Waals surface area contributed by atoms with Crippen LogP contribution < -0.4 is 25.7 Å². The molecule has 3 N–H and O–H groups in total. The van der Waals surface area contributed by atoms with Gasteiger partial charge in [0.05, 0.1) is 17.7 Å². The van der Waals surface area contributed by atoms with Gasteiger partial charge in [-0.05, 0) is 41.8 Å². The number of rotatable bonds is 9. The Morgan fingerprint density at radius 2 is 1.97 bits per heavy atom. The third-order valence-corrected chi connectivity index (χ3v) is 5.20. The molecule has 8 nitrogen and oxygen atoms in total. The lowest BCUT2D eigenvalue weighted by atomic mass is 9.98. The minimum absolute atomic E-state index is 0.0288. The number of aryl methyl sites for hydroxylation is 1. The minimum atomic E-state index is -0.213. The SMILES string of the molecule is C=C(/C(C#N)=C(\C)NC(=C)c1cc(CNCCO)cn(C)c1=O)c1ccc2c(c1)OCCO2. The highest BCUT2D eigenvalue weighted by atomic mass is 16.6. The van der Waals surface area contributed by atoms with Crippen LogP contribution in [0.25, 0.3) is 11.3 Å². The monoisotopic (exact) mass is 448 g/mol. The Hall–Kier alpha value is -3.80. The Morgan fingerprint density at radius 3 is 2.67 bits per heavy atom. The van der Waals surface area contributed by atoms with Crippen LogP contribution in [0.1, 0.15) is 23.6 Å². The van der Waals surface area contributed by atoms with Crippen LogP contribution in [0, 0.1) is 11.3 Å². The molecule has 33 heavy (non-hydrogen) atoms. The molecule has 0 spiro atoms. The second-order valence-electron chi connectivity index (χ2n) is 7.63. The normalized spacial score (nSPS) is 13.0. The number of nitrogens with zero attached hydrogens (tertiary/aromatic N) is 2. The lowest BCUT2D eigenvalue weighted by Gasteiger charge is -2.19. The molecule has 0 aliphatic carbocycles. The van der Waals surface area contributed by atoms with Crippen molar-refractivity contribution in [1.29, 1.82) is 5.26 Å². The first-order valence-electron chi connectivity index (χ1n) is 10.5. The van der Waals surface area contributed by atoms with E-state index in [1.165, 1.54) is 4.57 Å². The number of nitriles is 1. The predicted molar refractivity (Wildman–Crippen MR) is 127 cm³/mol. The summed E-state index contributed by atoms with van der Waals surface area (Å²) in [6.45, 7) is 11.8. The molecule has 1 aromatic heterocycles. The van der Waals surface area contributed by atoms with E-state index in [9.17, 15) is 10.1 Å². The van der Waals surface area contributed by atoms with Gasteiger partial charge in [0.1, 0.15) is 19.3 Å². The fourth-order valence-corrected chi connectivity index (χ4v) is 3.52. The minimum Gasteiger partial charge on any atom is -0.486 e. The molecule has 0 amide bonds. The molecule has 1 aromatic carbocycles. The van der Waals surface area contributed by atoms with Gasteiger partial charge in [-0.15, -0.1) is 0 Å². The quantitative estimate of drug-likeness (QED) is 0.307. The van der Waals surface area contributed by atoms with Crippen LogP contribution in [0.2, 0.25) is 0 Å². The number of pyridine rings is 1. The third-order valence-electron chi connectivity index (χ3n) is 5.20. The molecular weight excluding hydrogens is 420 g/mol. The first-order valence-corrected chi connectivity index (χ1v) is 10.5. The maximum absolute atomic E-state index is 12.7. The summed E-state index contributed by atoms with van der Waals surface area (Å²) in [5.41, 5.74) is 3.53. The number of aliphatic hydroxyl groups excluding tert-OH is 1. The summed E-state index contributed by atoms with van der Waals surface area (Å²) in [6.07, 6.45) is 1.73. The number of hydrogen-bond donors (Lipinski definition) is 3. The molecule has 172 valence electrons. The number of fused-ring (bicyclic) bond motifs is 1. The standard InChI is InChI=1S/C25H28N4O4/c1-16(20-5-6-23-24(12-20)33-10-9-32-23)22(13-26)18(3)28-17(2)21-11-19(14-27-7-8-30)15-29(4)25(21)31/h5-6,11-12,15,27-28,30H,1-2,7-10,14H2,3-4H3/b22-18+. The number of nitrogens with one attached hydrogen (secondary N) is 2. The number of aliphatic hydroxyl groups is 1. The van der Waals surface area contributed by atoms with Gasteiger partial charge in [0, 0.05) is 37.7 Å². The molecule has 3 rings (SSSR count). The maximum atomic E-state index is 12.7. The van der Waals surface area contributed by atoms with Crippen molar-refractivity contribution in [1.82, 2.24) is 15.2 Å². The smallest absolute Gasteiger partial charge is 0.259 e. The van der Waals surface area contributed by atoms with Crippen molar-refractivity contribution < 1.29 is 14.6 Å². The van der Waals surface area contributed by atoms with E-state index < -0.39 is 0 Å². The third kappa shape index (κ3) is 5.52. The van der Waals surface area contributed by atoms with Crippen LogP contribution in [-0.2, 0) is 13.6 Å². The molecule has 0 saturated carbocycles. The van der Waals surface area contributed by atoms with Crippen LogP contribution in [0.4, 0.5) is 0 Å². The van der Waals surface area contributed by atoms with Crippen molar-refractivity contribution in [2.45, 2.75) is 13.5 Å². The highest BCUT2D eigenvalue weighted by Crippen LogP contribution is 2.34. The van der Waals surface area contributed by atoms with Gasteiger partial charge in [-0.2, -0.15) is 5.26 Å². The maximum Gasteiger partial charge on any atom is 0.259 e. The predicted octanol–water partition coefficient (Wildman–Crippen LogP) is 2.31. The van der Waals surface area contributed by atoms with E-state index in [2.05, 4.69) is 29.9 Å². The number of ether oxygens (including phenoxy) is 2. The number of benzene rings is 1. The zero-order valence-electron chi connectivity index (χ0n) is 18.9. The van der Waals surface area contributed by atoms with E-state index in [-0.39, 0.29) is 12.2 Å². The van der Waals surface area contributed by atoms with Crippen molar-refractivity contribution in [2.24, 2.45) is 7.05 Å². The first kappa shape index (κ1) is 23.9. The Kier molecular flexibility index (Phi) is 7.72. The fraction of sp³-hybridized carbons (Fsp3) is 0.280. The van der Waals surface area contributed by atoms with Crippen LogP contribution in [0.5, 0.6) is 11.5 Å². The Morgan fingerprint density at radius 1 is 1.24 bits per heavy atom. The average Bonchev–Trinajstić information content (AvgIpc) is 2.81. The van der Waals surface area contributed by atoms with E-state index in [1.54, 1.807) is 38.4 Å². The van der Waals surface area contributed by atoms with Crippen molar-refractivity contribution in [3.63, 3.8) is 0 Å². The topological polar surface area (TPSA) is 109 Å². The fourth-order valence-electron chi connectivity index (χ4n) is 3.52. The molecule has 0 unspecified atom stereocenters. The molecule has 0 saturated heterocycles. The molecule has 8 heteroatoms. The highest BCUT2D eigenvalue weighted by molar-refractivity contribution is 5.83. The lowest BCUT2D eigenvalue weighted by Crippen LogP contribution is -2.26. The second kappa shape index (κ2) is 10.7. The Bertz CT molecular complexity index is 1200. The number of allylic oxidation sites excluding steroid dienone is 3. The molecule has 1 aliphatic heterocycles. The molecule has 2 heterocycles. The van der Waals surface area contributed by atoms with Gasteiger partial charge in [0.2, 0.25) is 0 Å². The van der Waals surface area contributed by atoms with E-state index in [0.717, 1.165) is 11.1 Å². The van der Waals surface area contributed by atoms with Crippen molar-refractivity contribution >= 4 is 11.3 Å². The molecule has 0 bridgehead atoms. The molecular formula is C25H28N4O4. The lowest BCUT2D eigenvalue weighted by molar-refractivity contribution is 0.171. The van der Waals surface area contributed by atoms with Gasteiger partial charge in [-0.1, -0.05) is 19.2 Å². The summed E-state index contributed by atoms with van der Waals surface area (Å²) in [6, 6.07) is 9.37. The summed E-state index contributed by atoms with van der Waals surface area (Å²) < 4.78 is 12.7. The number of hydrogen-bond acceptors (Lipinski definition) is 7. The summed E-state index contributed by atoms with van der Waals surface area (Å²) in [5, 5.41) is 25.0. The zero-order chi connectivity index (χ0) is 24.0. The second-order valence-corrected chi connectivity index (χ2v) is 7.63. The summed E-state index contributed by atoms with van der Waals surface area (Å²) in [4.78, 5) is 12.7. The molecule has 0 atom stereocenters. The molecule has 2 aromatic rings. The van der Waals surface area contributed by atoms with Gasteiger partial charge >= 0.3 is 0 Å². The molecule has 1 aliphatic rings. The largest absolute Gasteiger partial charge is 0.486 e. The van der Waals surface area contributed by atoms with Crippen LogP contribution in [0.3, 0.4) is 0 Å². The van der Waals surface area contributed by atoms with E-state index in [1.807, 2.05) is 6.07 Å². The van der Waals surface area contributed by atoms with E-state index >= 15 is 0 Å². The Labute approximate surface area is 193 Å². The van der Waals surface area contributed by atoms with Crippen LogP contribution in [-0.4, -0.2) is 36.0 Å². The zero-order valence-corrected chi connectivity index (χ0v) is 18.9. The van der Waals surface area contributed by atoms with E-state index in [4.69, 9.17) is 14.6 Å².